The first-order valence-electron chi connectivity index (χ1n) is 5.38. The predicted molar refractivity (Wildman–Crippen MR) is 55.1 cm³/mol. The van der Waals surface area contributed by atoms with Gasteiger partial charge in [0.2, 0.25) is 0 Å². The maximum atomic E-state index is 10.8. The first kappa shape index (κ1) is 11.5. The topological polar surface area (TPSA) is 75.3 Å². The van der Waals surface area contributed by atoms with Gasteiger partial charge in [-0.25, -0.2) is 0 Å². The molecule has 0 unspecified atom stereocenters. The van der Waals surface area contributed by atoms with Crippen LogP contribution in [0.3, 0.4) is 0 Å². The van der Waals surface area contributed by atoms with Crippen molar-refractivity contribution >= 4 is 5.97 Å². The molecular formula is C10H20N2O2. The molecule has 14 heavy (non-hydrogen) atoms. The van der Waals surface area contributed by atoms with Crippen LogP contribution in [0.1, 0.15) is 39.0 Å². The van der Waals surface area contributed by atoms with Gasteiger partial charge in [-0.1, -0.05) is 6.92 Å². The van der Waals surface area contributed by atoms with Gasteiger partial charge in [0, 0.05) is 12.1 Å². The zero-order chi connectivity index (χ0) is 10.6. The van der Waals surface area contributed by atoms with Crippen molar-refractivity contribution in [1.82, 2.24) is 5.32 Å². The third-order valence-electron chi connectivity index (χ3n) is 2.92. The molecule has 0 aromatic carbocycles. The molecule has 82 valence electrons. The molecule has 0 aromatic heterocycles. The summed E-state index contributed by atoms with van der Waals surface area (Å²) < 4.78 is 0. The molecule has 0 radical (unpaired) electrons. The molecule has 0 aromatic rings. The van der Waals surface area contributed by atoms with Gasteiger partial charge >= 0.3 is 5.97 Å². The van der Waals surface area contributed by atoms with E-state index in [9.17, 15) is 4.79 Å². The van der Waals surface area contributed by atoms with Gasteiger partial charge in [0.25, 0.3) is 0 Å². The highest BCUT2D eigenvalue weighted by Crippen LogP contribution is 2.17. The van der Waals surface area contributed by atoms with E-state index >= 15 is 0 Å². The van der Waals surface area contributed by atoms with Crippen LogP contribution >= 0.6 is 0 Å². The molecule has 0 heterocycles. The molecule has 0 bridgehead atoms. The lowest BCUT2D eigenvalue weighted by atomic mass is 9.91. The molecule has 1 fully saturated rings. The molecule has 1 atom stereocenters. The van der Waals surface area contributed by atoms with Crippen LogP contribution in [0, 0.1) is 0 Å². The predicted octanol–water partition coefficient (Wildman–Crippen LogP) is 0.709. The number of nitrogens with one attached hydrogen (secondary N) is 1. The number of hydrogen-bond donors (Lipinski definition) is 3. The summed E-state index contributed by atoms with van der Waals surface area (Å²) in [6.07, 6.45) is 4.66. The van der Waals surface area contributed by atoms with Crippen LogP contribution in [0.5, 0.6) is 0 Å². The SMILES string of the molecule is CC[C@@H](NC1CCC(N)CC1)C(=O)O. The Balaban J connectivity index is 2.32. The van der Waals surface area contributed by atoms with Crippen LogP contribution < -0.4 is 11.1 Å². The fourth-order valence-electron chi connectivity index (χ4n) is 1.93. The molecule has 0 amide bonds. The van der Waals surface area contributed by atoms with Crippen LogP contribution in [0.2, 0.25) is 0 Å². The molecule has 4 heteroatoms. The molecule has 1 aliphatic rings. The molecule has 1 rings (SSSR count). The lowest BCUT2D eigenvalue weighted by Crippen LogP contribution is -2.45. The van der Waals surface area contributed by atoms with Crippen LogP contribution in [0.25, 0.3) is 0 Å². The molecule has 4 N–H and O–H groups in total. The zero-order valence-electron chi connectivity index (χ0n) is 8.70. The fraction of sp³-hybridized carbons (Fsp3) is 0.900. The van der Waals surface area contributed by atoms with Gasteiger partial charge in [0.05, 0.1) is 0 Å². The van der Waals surface area contributed by atoms with Crippen molar-refractivity contribution in [3.8, 4) is 0 Å². The maximum Gasteiger partial charge on any atom is 0.320 e. The number of carbonyl (C=O) groups is 1. The minimum absolute atomic E-state index is 0.318. The van der Waals surface area contributed by atoms with Crippen molar-refractivity contribution in [3.63, 3.8) is 0 Å². The van der Waals surface area contributed by atoms with Gasteiger partial charge in [0.15, 0.2) is 0 Å². The second-order valence-electron chi connectivity index (χ2n) is 4.08. The van der Waals surface area contributed by atoms with E-state index in [1.807, 2.05) is 6.92 Å². The summed E-state index contributed by atoms with van der Waals surface area (Å²) in [4.78, 5) is 10.8. The Labute approximate surface area is 84.9 Å². The zero-order valence-corrected chi connectivity index (χ0v) is 8.70. The Hall–Kier alpha value is -0.610. The molecule has 1 saturated carbocycles. The Kier molecular flexibility index (Phi) is 4.35. The van der Waals surface area contributed by atoms with Gasteiger partial charge < -0.3 is 16.2 Å². The van der Waals surface area contributed by atoms with Gasteiger partial charge in [0.1, 0.15) is 6.04 Å². The van der Waals surface area contributed by atoms with Gasteiger partial charge in [-0.2, -0.15) is 0 Å². The smallest absolute Gasteiger partial charge is 0.320 e. The Morgan fingerprint density at radius 3 is 2.50 bits per heavy atom. The largest absolute Gasteiger partial charge is 0.480 e. The number of nitrogens with two attached hydrogens (primary N) is 1. The van der Waals surface area contributed by atoms with Crippen molar-refractivity contribution in [1.29, 1.82) is 0 Å². The summed E-state index contributed by atoms with van der Waals surface area (Å²) in [5.41, 5.74) is 5.78. The van der Waals surface area contributed by atoms with Gasteiger partial charge in [-0.3, -0.25) is 4.79 Å². The molecule has 0 saturated heterocycles. The van der Waals surface area contributed by atoms with E-state index in [0.29, 0.717) is 18.5 Å². The molecule has 0 spiro atoms. The summed E-state index contributed by atoms with van der Waals surface area (Å²) in [5, 5.41) is 12.0. The van der Waals surface area contributed by atoms with E-state index in [0.717, 1.165) is 25.7 Å². The monoisotopic (exact) mass is 200 g/mol. The Bertz CT molecular complexity index is 189. The standard InChI is InChI=1S/C10H20N2O2/c1-2-9(10(13)14)12-8-5-3-7(11)4-6-8/h7-9,12H,2-6,11H2,1H3,(H,13,14)/t7?,8?,9-/m1/s1. The van der Waals surface area contributed by atoms with Crippen molar-refractivity contribution in [2.75, 3.05) is 0 Å². The summed E-state index contributed by atoms with van der Waals surface area (Å²) in [7, 11) is 0. The maximum absolute atomic E-state index is 10.8. The van der Waals surface area contributed by atoms with E-state index in [2.05, 4.69) is 5.32 Å². The van der Waals surface area contributed by atoms with Crippen LogP contribution in [0.4, 0.5) is 0 Å². The van der Waals surface area contributed by atoms with Crippen molar-refractivity contribution < 1.29 is 9.90 Å². The second kappa shape index (κ2) is 5.32. The fourth-order valence-corrected chi connectivity index (χ4v) is 1.93. The lowest BCUT2D eigenvalue weighted by molar-refractivity contribution is -0.139. The average Bonchev–Trinajstić information content (AvgIpc) is 2.16. The number of aliphatic carboxylic acids is 1. The number of carboxylic acids is 1. The van der Waals surface area contributed by atoms with E-state index < -0.39 is 12.0 Å². The van der Waals surface area contributed by atoms with Crippen LogP contribution in [-0.4, -0.2) is 29.2 Å². The van der Waals surface area contributed by atoms with E-state index in [1.165, 1.54) is 0 Å². The highest BCUT2D eigenvalue weighted by atomic mass is 16.4. The first-order valence-corrected chi connectivity index (χ1v) is 5.38. The highest BCUT2D eigenvalue weighted by molar-refractivity contribution is 5.73. The van der Waals surface area contributed by atoms with E-state index in [1.54, 1.807) is 0 Å². The lowest BCUT2D eigenvalue weighted by Gasteiger charge is -2.29. The summed E-state index contributed by atoms with van der Waals surface area (Å²) in [5.74, 6) is -0.748. The van der Waals surface area contributed by atoms with Gasteiger partial charge in [-0.15, -0.1) is 0 Å². The molecule has 0 aliphatic heterocycles. The number of carboxylic acid groups (broad SMARTS) is 1. The summed E-state index contributed by atoms with van der Waals surface area (Å²) >= 11 is 0. The highest BCUT2D eigenvalue weighted by Gasteiger charge is 2.23. The number of rotatable bonds is 4. The van der Waals surface area contributed by atoms with Crippen LogP contribution in [0.15, 0.2) is 0 Å². The minimum atomic E-state index is -0.748. The van der Waals surface area contributed by atoms with Crippen molar-refractivity contribution in [2.45, 2.75) is 57.2 Å². The van der Waals surface area contributed by atoms with E-state index in [4.69, 9.17) is 10.8 Å². The summed E-state index contributed by atoms with van der Waals surface area (Å²) in [6, 6.07) is 0.267. The Morgan fingerprint density at radius 2 is 2.07 bits per heavy atom. The first-order chi connectivity index (χ1) is 6.63. The average molecular weight is 200 g/mol. The van der Waals surface area contributed by atoms with Crippen molar-refractivity contribution in [2.24, 2.45) is 5.73 Å². The van der Waals surface area contributed by atoms with Crippen molar-refractivity contribution in [3.05, 3.63) is 0 Å². The quantitative estimate of drug-likeness (QED) is 0.624. The number of hydrogen-bond acceptors (Lipinski definition) is 3. The molecule has 1 aliphatic carbocycles. The molecular weight excluding hydrogens is 180 g/mol. The third kappa shape index (κ3) is 3.27. The minimum Gasteiger partial charge on any atom is -0.480 e. The normalized spacial score (nSPS) is 29.9. The molecule has 4 nitrogen and oxygen atoms in total. The van der Waals surface area contributed by atoms with E-state index in [-0.39, 0.29) is 0 Å². The van der Waals surface area contributed by atoms with Gasteiger partial charge in [-0.05, 0) is 32.1 Å². The Morgan fingerprint density at radius 1 is 1.50 bits per heavy atom. The second-order valence-corrected chi connectivity index (χ2v) is 4.08. The third-order valence-corrected chi connectivity index (χ3v) is 2.92. The van der Waals surface area contributed by atoms with Crippen LogP contribution in [-0.2, 0) is 4.79 Å². The summed E-state index contributed by atoms with van der Waals surface area (Å²) in [6.45, 7) is 1.89.